The summed E-state index contributed by atoms with van der Waals surface area (Å²) in [6.07, 6.45) is 5.22. The van der Waals surface area contributed by atoms with Crippen molar-refractivity contribution in [3.63, 3.8) is 0 Å². The van der Waals surface area contributed by atoms with Gasteiger partial charge in [-0.05, 0) is 13.8 Å². The highest BCUT2D eigenvalue weighted by molar-refractivity contribution is 7.15. The Morgan fingerprint density at radius 1 is 1.29 bits per heavy atom. The maximum atomic E-state index is 6.18. The van der Waals surface area contributed by atoms with Crippen LogP contribution in [0.5, 0.6) is 0 Å². The van der Waals surface area contributed by atoms with E-state index in [0.717, 1.165) is 26.7 Å². The summed E-state index contributed by atoms with van der Waals surface area (Å²) in [5, 5.41) is 5.46. The van der Waals surface area contributed by atoms with Gasteiger partial charge in [0, 0.05) is 11.8 Å². The van der Waals surface area contributed by atoms with Gasteiger partial charge < -0.3 is 5.73 Å². The van der Waals surface area contributed by atoms with Crippen LogP contribution < -0.4 is 5.73 Å². The summed E-state index contributed by atoms with van der Waals surface area (Å²) < 4.78 is 1.70. The minimum Gasteiger partial charge on any atom is -0.396 e. The molecule has 17 heavy (non-hydrogen) atoms. The second-order valence-corrected chi connectivity index (χ2v) is 5.08. The lowest BCUT2D eigenvalue weighted by molar-refractivity contribution is 0.898. The number of hydrogen-bond acceptors (Lipinski definition) is 5. The van der Waals surface area contributed by atoms with Gasteiger partial charge in [0.05, 0.1) is 27.5 Å². The third-order valence-corrected chi connectivity index (χ3v) is 3.58. The molecule has 0 saturated carbocycles. The Morgan fingerprint density at radius 3 is 2.82 bits per heavy atom. The molecular weight excluding hydrogens is 234 g/mol. The average Bonchev–Trinajstić information content (AvgIpc) is 2.87. The van der Waals surface area contributed by atoms with Gasteiger partial charge in [0.2, 0.25) is 0 Å². The van der Waals surface area contributed by atoms with E-state index in [1.807, 2.05) is 20.0 Å². The molecule has 0 aromatic carbocycles. The number of thiazole rings is 1. The zero-order chi connectivity index (χ0) is 12.0. The van der Waals surface area contributed by atoms with Crippen LogP contribution >= 0.6 is 11.3 Å². The normalized spacial score (nSPS) is 11.2. The lowest BCUT2D eigenvalue weighted by Gasteiger charge is -2.08. The number of nitrogen functional groups attached to an aromatic ring is 1. The van der Waals surface area contributed by atoms with E-state index in [0.29, 0.717) is 5.69 Å². The number of aryl methyl sites for hydroxylation is 2. The van der Waals surface area contributed by atoms with Gasteiger partial charge in [-0.2, -0.15) is 5.10 Å². The molecule has 0 radical (unpaired) electrons. The molecule has 86 valence electrons. The van der Waals surface area contributed by atoms with Crippen molar-refractivity contribution in [2.24, 2.45) is 0 Å². The standard InChI is InChI=1S/C11H11N5S/c1-6-10(9-4-14-7(2)17-9)11(12)8-3-13-5-16(8)15-6/h3-5H,12H2,1-2H3. The molecule has 0 aliphatic heterocycles. The summed E-state index contributed by atoms with van der Waals surface area (Å²) in [5.74, 6) is 0. The summed E-state index contributed by atoms with van der Waals surface area (Å²) in [6.45, 7) is 3.92. The van der Waals surface area contributed by atoms with Crippen LogP contribution in [0.15, 0.2) is 18.7 Å². The second kappa shape index (κ2) is 3.53. The number of aromatic nitrogens is 4. The topological polar surface area (TPSA) is 69.1 Å². The molecule has 0 spiro atoms. The van der Waals surface area contributed by atoms with Crippen LogP contribution in [0.3, 0.4) is 0 Å². The fourth-order valence-electron chi connectivity index (χ4n) is 1.88. The number of nitrogens with zero attached hydrogens (tertiary/aromatic N) is 4. The van der Waals surface area contributed by atoms with Gasteiger partial charge in [-0.15, -0.1) is 11.3 Å². The molecule has 0 aliphatic carbocycles. The third-order valence-electron chi connectivity index (χ3n) is 2.65. The molecule has 5 nitrogen and oxygen atoms in total. The first-order valence-electron chi connectivity index (χ1n) is 5.18. The van der Waals surface area contributed by atoms with E-state index in [2.05, 4.69) is 15.1 Å². The van der Waals surface area contributed by atoms with Crippen molar-refractivity contribution in [3.05, 3.63) is 29.4 Å². The van der Waals surface area contributed by atoms with Gasteiger partial charge >= 0.3 is 0 Å². The van der Waals surface area contributed by atoms with Crippen LogP contribution in [0.4, 0.5) is 5.69 Å². The van der Waals surface area contributed by atoms with Crippen molar-refractivity contribution >= 4 is 22.5 Å². The van der Waals surface area contributed by atoms with Crippen molar-refractivity contribution in [1.82, 2.24) is 19.6 Å². The molecule has 3 rings (SSSR count). The van der Waals surface area contributed by atoms with Gasteiger partial charge in [0.1, 0.15) is 11.8 Å². The molecule has 0 atom stereocenters. The predicted octanol–water partition coefficient (Wildman–Crippen LogP) is 2.05. The summed E-state index contributed by atoms with van der Waals surface area (Å²) in [4.78, 5) is 9.36. The average molecular weight is 245 g/mol. The SMILES string of the molecule is Cc1ncc(-c2c(C)nn3cncc3c2N)s1. The van der Waals surface area contributed by atoms with Crippen molar-refractivity contribution in [2.75, 3.05) is 5.73 Å². The highest BCUT2D eigenvalue weighted by Crippen LogP contribution is 2.34. The molecule has 0 fully saturated rings. The quantitative estimate of drug-likeness (QED) is 0.712. The number of rotatable bonds is 1. The molecule has 6 heteroatoms. The first-order valence-corrected chi connectivity index (χ1v) is 5.99. The lowest BCUT2D eigenvalue weighted by Crippen LogP contribution is -2.01. The Morgan fingerprint density at radius 2 is 2.12 bits per heavy atom. The molecule has 0 bridgehead atoms. The van der Waals surface area contributed by atoms with Gasteiger partial charge in [0.25, 0.3) is 0 Å². The zero-order valence-electron chi connectivity index (χ0n) is 9.51. The van der Waals surface area contributed by atoms with E-state index < -0.39 is 0 Å². The Hall–Kier alpha value is -1.95. The number of anilines is 1. The third kappa shape index (κ3) is 1.49. The first-order chi connectivity index (χ1) is 8.16. The fourth-order valence-corrected chi connectivity index (χ4v) is 2.77. The van der Waals surface area contributed by atoms with E-state index in [1.54, 1.807) is 28.4 Å². The predicted molar refractivity (Wildman–Crippen MR) is 68.0 cm³/mol. The summed E-state index contributed by atoms with van der Waals surface area (Å²) >= 11 is 1.62. The number of hydrogen-bond donors (Lipinski definition) is 1. The Bertz CT molecular complexity index is 697. The molecule has 0 amide bonds. The fraction of sp³-hybridized carbons (Fsp3) is 0.182. The monoisotopic (exact) mass is 245 g/mol. The largest absolute Gasteiger partial charge is 0.396 e. The Labute approximate surface area is 102 Å². The summed E-state index contributed by atoms with van der Waals surface area (Å²) in [5.41, 5.74) is 9.57. The van der Waals surface area contributed by atoms with E-state index in [9.17, 15) is 0 Å². The highest BCUT2D eigenvalue weighted by atomic mass is 32.1. The van der Waals surface area contributed by atoms with Crippen LogP contribution in [0, 0.1) is 13.8 Å². The van der Waals surface area contributed by atoms with Crippen LogP contribution in [0.2, 0.25) is 0 Å². The second-order valence-electron chi connectivity index (χ2n) is 3.84. The van der Waals surface area contributed by atoms with Gasteiger partial charge in [-0.3, -0.25) is 0 Å². The highest BCUT2D eigenvalue weighted by Gasteiger charge is 2.14. The maximum absolute atomic E-state index is 6.18. The molecule has 3 aromatic rings. The van der Waals surface area contributed by atoms with Gasteiger partial charge in [-0.25, -0.2) is 14.5 Å². The number of imidazole rings is 1. The molecule has 3 heterocycles. The lowest BCUT2D eigenvalue weighted by atomic mass is 10.1. The molecule has 0 saturated heterocycles. The molecule has 3 aromatic heterocycles. The first kappa shape index (κ1) is 10.2. The van der Waals surface area contributed by atoms with Crippen LogP contribution in [0.1, 0.15) is 10.7 Å². The van der Waals surface area contributed by atoms with Gasteiger partial charge in [-0.1, -0.05) is 0 Å². The molecular formula is C11H11N5S. The Balaban J connectivity index is 2.35. The smallest absolute Gasteiger partial charge is 0.117 e. The minimum absolute atomic E-state index is 0.707. The van der Waals surface area contributed by atoms with E-state index in [4.69, 9.17) is 5.73 Å². The van der Waals surface area contributed by atoms with Crippen LogP contribution in [0.25, 0.3) is 16.0 Å². The van der Waals surface area contributed by atoms with Crippen molar-refractivity contribution in [2.45, 2.75) is 13.8 Å². The zero-order valence-corrected chi connectivity index (χ0v) is 10.3. The van der Waals surface area contributed by atoms with E-state index >= 15 is 0 Å². The van der Waals surface area contributed by atoms with E-state index in [1.165, 1.54) is 0 Å². The minimum atomic E-state index is 0.707. The van der Waals surface area contributed by atoms with Crippen molar-refractivity contribution in [3.8, 4) is 10.4 Å². The number of nitrogens with two attached hydrogens (primary N) is 1. The van der Waals surface area contributed by atoms with Crippen LogP contribution in [-0.2, 0) is 0 Å². The molecule has 2 N–H and O–H groups in total. The van der Waals surface area contributed by atoms with Crippen LogP contribution in [-0.4, -0.2) is 19.6 Å². The molecule has 0 unspecified atom stereocenters. The van der Waals surface area contributed by atoms with Gasteiger partial charge in [0.15, 0.2) is 0 Å². The number of fused-ring (bicyclic) bond motifs is 1. The summed E-state index contributed by atoms with van der Waals surface area (Å²) in [6, 6.07) is 0. The van der Waals surface area contributed by atoms with E-state index in [-0.39, 0.29) is 0 Å². The Kier molecular flexibility index (Phi) is 2.12. The molecule has 0 aliphatic rings. The summed E-state index contributed by atoms with van der Waals surface area (Å²) in [7, 11) is 0. The maximum Gasteiger partial charge on any atom is 0.117 e. The van der Waals surface area contributed by atoms with Crippen molar-refractivity contribution in [1.29, 1.82) is 0 Å². The van der Waals surface area contributed by atoms with Crippen molar-refractivity contribution < 1.29 is 0 Å².